The Morgan fingerprint density at radius 1 is 1.42 bits per heavy atom. The van der Waals surface area contributed by atoms with Crippen molar-refractivity contribution in [1.82, 2.24) is 0 Å². The highest BCUT2D eigenvalue weighted by atomic mass is 32.2. The Morgan fingerprint density at radius 3 is 2.33 bits per heavy atom. The summed E-state index contributed by atoms with van der Waals surface area (Å²) in [5.41, 5.74) is 0.442. The smallest absolute Gasteiger partial charge is 0.241 e. The third-order valence-electron chi connectivity index (χ3n) is 1.48. The number of aromatic hydroxyl groups is 1. The van der Waals surface area contributed by atoms with E-state index in [-0.39, 0.29) is 10.6 Å². The number of phenols is 1. The van der Waals surface area contributed by atoms with Crippen molar-refractivity contribution < 1.29 is 13.5 Å². The zero-order valence-electron chi connectivity index (χ0n) is 6.48. The summed E-state index contributed by atoms with van der Waals surface area (Å²) in [6.45, 7) is 1.57. The van der Waals surface area contributed by atoms with E-state index in [2.05, 4.69) is 0 Å². The van der Waals surface area contributed by atoms with Gasteiger partial charge >= 0.3 is 0 Å². The molecule has 3 N–H and O–H groups in total. The molecule has 0 unspecified atom stereocenters. The van der Waals surface area contributed by atoms with Crippen LogP contribution in [0, 0.1) is 6.92 Å². The van der Waals surface area contributed by atoms with Crippen LogP contribution in [0.25, 0.3) is 0 Å². The van der Waals surface area contributed by atoms with Gasteiger partial charge in [-0.25, -0.2) is 13.6 Å². The maximum atomic E-state index is 10.9. The standard InChI is InChI=1S/C7H9NO3S/c1-5-3-2-4-6(9)7(5)12(8,10)11/h2-4,9H,1H3,(H2,8,10,11). The Bertz CT molecular complexity index is 377. The van der Waals surface area contributed by atoms with Gasteiger partial charge in [-0.2, -0.15) is 0 Å². The van der Waals surface area contributed by atoms with Gasteiger partial charge < -0.3 is 5.11 Å². The van der Waals surface area contributed by atoms with E-state index in [4.69, 9.17) is 10.2 Å². The van der Waals surface area contributed by atoms with Crippen LogP contribution in [0.15, 0.2) is 23.1 Å². The Balaban J connectivity index is 3.53. The molecule has 0 amide bonds. The van der Waals surface area contributed by atoms with Crippen LogP contribution in [0.4, 0.5) is 0 Å². The summed E-state index contributed by atoms with van der Waals surface area (Å²) < 4.78 is 21.8. The summed E-state index contributed by atoms with van der Waals surface area (Å²) in [5.74, 6) is -0.308. The Hall–Kier alpha value is -1.07. The highest BCUT2D eigenvalue weighted by Gasteiger charge is 2.15. The number of sulfonamides is 1. The second kappa shape index (κ2) is 2.76. The summed E-state index contributed by atoms with van der Waals surface area (Å²) in [6, 6.07) is 4.41. The predicted octanol–water partition coefficient (Wildman–Crippen LogP) is 0.348. The van der Waals surface area contributed by atoms with Gasteiger partial charge in [0.25, 0.3) is 0 Å². The maximum Gasteiger partial charge on any atom is 0.241 e. The predicted molar refractivity (Wildman–Crippen MR) is 44.2 cm³/mol. The molecule has 0 bridgehead atoms. The van der Waals surface area contributed by atoms with Crippen LogP contribution in [-0.4, -0.2) is 13.5 Å². The van der Waals surface area contributed by atoms with Gasteiger partial charge in [0, 0.05) is 0 Å². The topological polar surface area (TPSA) is 80.4 Å². The minimum atomic E-state index is -3.81. The van der Waals surface area contributed by atoms with Crippen molar-refractivity contribution in [2.45, 2.75) is 11.8 Å². The molecule has 1 aromatic rings. The van der Waals surface area contributed by atoms with Gasteiger partial charge in [-0.05, 0) is 18.6 Å². The monoisotopic (exact) mass is 187 g/mol. The van der Waals surface area contributed by atoms with Crippen LogP contribution < -0.4 is 5.14 Å². The zero-order valence-corrected chi connectivity index (χ0v) is 7.30. The van der Waals surface area contributed by atoms with Crippen LogP contribution >= 0.6 is 0 Å². The van der Waals surface area contributed by atoms with Crippen LogP contribution in [0.5, 0.6) is 5.75 Å². The number of phenolic OH excluding ortho intramolecular Hbond substituents is 1. The van der Waals surface area contributed by atoms with E-state index >= 15 is 0 Å². The molecule has 12 heavy (non-hydrogen) atoms. The van der Waals surface area contributed by atoms with Crippen molar-refractivity contribution in [3.63, 3.8) is 0 Å². The molecule has 0 aliphatic rings. The van der Waals surface area contributed by atoms with Crippen molar-refractivity contribution in [3.8, 4) is 5.75 Å². The van der Waals surface area contributed by atoms with E-state index in [1.807, 2.05) is 0 Å². The molecular weight excluding hydrogens is 178 g/mol. The number of nitrogens with two attached hydrogens (primary N) is 1. The number of rotatable bonds is 1. The molecule has 1 rings (SSSR count). The number of hydrogen-bond donors (Lipinski definition) is 2. The van der Waals surface area contributed by atoms with E-state index < -0.39 is 10.0 Å². The molecule has 0 atom stereocenters. The highest BCUT2D eigenvalue weighted by molar-refractivity contribution is 7.89. The largest absolute Gasteiger partial charge is 0.507 e. The lowest BCUT2D eigenvalue weighted by atomic mass is 10.2. The van der Waals surface area contributed by atoms with Crippen LogP contribution in [-0.2, 0) is 10.0 Å². The lowest BCUT2D eigenvalue weighted by Gasteiger charge is -2.04. The van der Waals surface area contributed by atoms with Crippen LogP contribution in [0.2, 0.25) is 0 Å². The number of primary sulfonamides is 1. The lowest BCUT2D eigenvalue weighted by molar-refractivity contribution is 0.458. The first-order chi connectivity index (χ1) is 5.43. The lowest BCUT2D eigenvalue weighted by Crippen LogP contribution is -2.13. The van der Waals surface area contributed by atoms with Gasteiger partial charge in [0.1, 0.15) is 10.6 Å². The minimum Gasteiger partial charge on any atom is -0.507 e. The summed E-state index contributed by atoms with van der Waals surface area (Å²) in [4.78, 5) is -0.204. The SMILES string of the molecule is Cc1cccc(O)c1S(N)(=O)=O. The van der Waals surface area contributed by atoms with Crippen molar-refractivity contribution in [3.05, 3.63) is 23.8 Å². The van der Waals surface area contributed by atoms with Crippen LogP contribution in [0.3, 0.4) is 0 Å². The molecule has 0 spiro atoms. The average molecular weight is 187 g/mol. The fourth-order valence-electron chi connectivity index (χ4n) is 1.01. The third-order valence-corrected chi connectivity index (χ3v) is 2.58. The zero-order chi connectivity index (χ0) is 9.35. The first kappa shape index (κ1) is 9.02. The molecule has 0 fully saturated rings. The molecule has 5 heteroatoms. The summed E-state index contributed by atoms with van der Waals surface area (Å²) in [7, 11) is -3.81. The Labute approximate surface area is 70.7 Å². The Morgan fingerprint density at radius 2 is 2.00 bits per heavy atom. The van der Waals surface area contributed by atoms with Gasteiger partial charge in [-0.1, -0.05) is 12.1 Å². The van der Waals surface area contributed by atoms with Gasteiger partial charge in [-0.3, -0.25) is 0 Å². The summed E-state index contributed by atoms with van der Waals surface area (Å²) in [5, 5.41) is 14.0. The molecule has 0 aliphatic heterocycles. The highest BCUT2D eigenvalue weighted by Crippen LogP contribution is 2.23. The normalized spacial score (nSPS) is 11.5. The van der Waals surface area contributed by atoms with Gasteiger partial charge in [0.15, 0.2) is 0 Å². The van der Waals surface area contributed by atoms with E-state index in [0.29, 0.717) is 5.56 Å². The minimum absolute atomic E-state index is 0.204. The van der Waals surface area contributed by atoms with Crippen LogP contribution in [0.1, 0.15) is 5.56 Å². The number of benzene rings is 1. The first-order valence-corrected chi connectivity index (χ1v) is 4.79. The molecule has 4 nitrogen and oxygen atoms in total. The molecule has 0 aromatic heterocycles. The Kier molecular flexibility index (Phi) is 2.08. The molecule has 0 saturated carbocycles. The van der Waals surface area contributed by atoms with E-state index in [1.54, 1.807) is 19.1 Å². The second-order valence-corrected chi connectivity index (χ2v) is 3.97. The fourth-order valence-corrected chi connectivity index (χ4v) is 1.88. The van der Waals surface area contributed by atoms with Gasteiger partial charge in [0.2, 0.25) is 10.0 Å². The quantitative estimate of drug-likeness (QED) is 0.665. The fraction of sp³-hybridized carbons (Fsp3) is 0.143. The van der Waals surface area contributed by atoms with Crippen molar-refractivity contribution >= 4 is 10.0 Å². The van der Waals surface area contributed by atoms with E-state index in [1.165, 1.54) is 6.07 Å². The molecular formula is C7H9NO3S. The first-order valence-electron chi connectivity index (χ1n) is 3.24. The third kappa shape index (κ3) is 1.57. The second-order valence-electron chi connectivity index (χ2n) is 2.47. The maximum absolute atomic E-state index is 10.9. The summed E-state index contributed by atoms with van der Waals surface area (Å²) in [6.07, 6.45) is 0. The van der Waals surface area contributed by atoms with Crippen molar-refractivity contribution in [1.29, 1.82) is 0 Å². The number of hydrogen-bond acceptors (Lipinski definition) is 3. The molecule has 0 heterocycles. The van der Waals surface area contributed by atoms with Gasteiger partial charge in [-0.15, -0.1) is 0 Å². The summed E-state index contributed by atoms with van der Waals surface area (Å²) >= 11 is 0. The van der Waals surface area contributed by atoms with E-state index in [0.717, 1.165) is 0 Å². The average Bonchev–Trinajstić information content (AvgIpc) is 1.82. The molecule has 0 radical (unpaired) electrons. The van der Waals surface area contributed by atoms with E-state index in [9.17, 15) is 8.42 Å². The molecule has 0 aliphatic carbocycles. The van der Waals surface area contributed by atoms with Gasteiger partial charge in [0.05, 0.1) is 0 Å². The molecule has 0 saturated heterocycles. The number of aryl methyl sites for hydroxylation is 1. The van der Waals surface area contributed by atoms with Crippen molar-refractivity contribution in [2.24, 2.45) is 5.14 Å². The molecule has 66 valence electrons. The molecule has 1 aromatic carbocycles. The van der Waals surface area contributed by atoms with Crippen molar-refractivity contribution in [2.75, 3.05) is 0 Å².